The van der Waals surface area contributed by atoms with Gasteiger partial charge in [0.05, 0.1) is 30.0 Å². The summed E-state index contributed by atoms with van der Waals surface area (Å²) in [6, 6.07) is 15.1. The Labute approximate surface area is 166 Å². The summed E-state index contributed by atoms with van der Waals surface area (Å²) in [7, 11) is 0. The Balaban J connectivity index is 1.39. The minimum absolute atomic E-state index is 0.00737. The fraction of sp³-hybridized carbons (Fsp3) is 0.238. The first-order valence-corrected chi connectivity index (χ1v) is 9.62. The Bertz CT molecular complexity index is 1160. The number of rotatable bonds is 4. The number of hydrogen-bond acceptors (Lipinski definition) is 5. The Kier molecular flexibility index (Phi) is 4.33. The number of nitrogens with zero attached hydrogens (tertiary/aromatic N) is 5. The monoisotopic (exact) mass is 388 g/mol. The summed E-state index contributed by atoms with van der Waals surface area (Å²) < 4.78 is 1.67. The number of amides is 1. The average Bonchev–Trinajstić information content (AvgIpc) is 3.52. The summed E-state index contributed by atoms with van der Waals surface area (Å²) in [6.07, 6.45) is 3.60. The lowest BCUT2D eigenvalue weighted by Gasteiger charge is -2.23. The average molecular weight is 388 g/mol. The van der Waals surface area contributed by atoms with Crippen LogP contribution < -0.4 is 0 Å². The lowest BCUT2D eigenvalue weighted by Crippen LogP contribution is -2.37. The molecular weight excluding hydrogens is 368 g/mol. The Hall–Kier alpha value is -3.52. The van der Waals surface area contributed by atoms with E-state index in [0.29, 0.717) is 17.8 Å². The Morgan fingerprint density at radius 2 is 2.00 bits per heavy atom. The Morgan fingerprint density at radius 3 is 2.83 bits per heavy atom. The van der Waals surface area contributed by atoms with Crippen LogP contribution in [0.3, 0.4) is 0 Å². The first-order valence-electron chi connectivity index (χ1n) is 9.62. The number of carbonyl (C=O) groups is 1. The number of aliphatic hydroxyl groups excluding tert-OH is 1. The molecule has 1 saturated heterocycles. The summed E-state index contributed by atoms with van der Waals surface area (Å²) in [5.41, 5.74) is 3.78. The van der Waals surface area contributed by atoms with Crippen molar-refractivity contribution < 1.29 is 9.90 Å². The molecule has 1 aliphatic heterocycles. The molecule has 3 heterocycles. The number of aliphatic hydroxyl groups is 1. The third-order valence-electron chi connectivity index (χ3n) is 5.43. The maximum Gasteiger partial charge on any atom is 0.254 e. The molecule has 0 bridgehead atoms. The fourth-order valence-electron chi connectivity index (χ4n) is 3.87. The predicted molar refractivity (Wildman–Crippen MR) is 108 cm³/mol. The second-order valence-electron chi connectivity index (χ2n) is 7.19. The van der Waals surface area contributed by atoms with Gasteiger partial charge in [-0.1, -0.05) is 23.4 Å². The molecule has 2 aromatic heterocycles. The number of para-hydroxylation sites is 1. The second-order valence-corrected chi connectivity index (χ2v) is 7.19. The van der Waals surface area contributed by atoms with Crippen molar-refractivity contribution in [3.05, 3.63) is 60.3 Å². The molecule has 2 aromatic carbocycles. The molecule has 1 fully saturated rings. The smallest absolute Gasteiger partial charge is 0.254 e. The number of likely N-dealkylation sites (tertiary alicyclic amines) is 1. The zero-order chi connectivity index (χ0) is 19.8. The number of nitrogens with one attached hydrogen (secondary N) is 1. The van der Waals surface area contributed by atoms with Crippen LogP contribution in [0, 0.1) is 0 Å². The molecule has 0 unspecified atom stereocenters. The van der Waals surface area contributed by atoms with E-state index >= 15 is 0 Å². The number of aromatic amines is 1. The number of H-pyrrole nitrogens is 1. The minimum atomic E-state index is -0.0799. The van der Waals surface area contributed by atoms with E-state index in [1.807, 2.05) is 42.6 Å². The van der Waals surface area contributed by atoms with Gasteiger partial charge in [0.25, 0.3) is 5.91 Å². The lowest BCUT2D eigenvalue weighted by atomic mass is 10.1. The summed E-state index contributed by atoms with van der Waals surface area (Å²) in [5.74, 6) is -0.0460. The van der Waals surface area contributed by atoms with Crippen LogP contribution in [0.4, 0.5) is 0 Å². The van der Waals surface area contributed by atoms with Crippen LogP contribution in [-0.4, -0.2) is 60.3 Å². The summed E-state index contributed by atoms with van der Waals surface area (Å²) in [6.45, 7) is 0.698. The van der Waals surface area contributed by atoms with Gasteiger partial charge in [0.1, 0.15) is 11.4 Å². The topological polar surface area (TPSA) is 99.9 Å². The highest BCUT2D eigenvalue weighted by molar-refractivity contribution is 5.95. The zero-order valence-corrected chi connectivity index (χ0v) is 15.7. The fourth-order valence-corrected chi connectivity index (χ4v) is 3.87. The number of aromatic nitrogens is 5. The van der Waals surface area contributed by atoms with Gasteiger partial charge in [-0.15, -0.1) is 5.10 Å². The van der Waals surface area contributed by atoms with E-state index in [1.54, 1.807) is 21.7 Å². The molecule has 1 atom stereocenters. The van der Waals surface area contributed by atoms with E-state index in [4.69, 9.17) is 0 Å². The van der Waals surface area contributed by atoms with Crippen molar-refractivity contribution in [2.24, 2.45) is 0 Å². The van der Waals surface area contributed by atoms with Gasteiger partial charge in [0.15, 0.2) is 0 Å². The minimum Gasteiger partial charge on any atom is -0.394 e. The van der Waals surface area contributed by atoms with E-state index in [2.05, 4.69) is 20.5 Å². The van der Waals surface area contributed by atoms with Crippen molar-refractivity contribution in [3.8, 4) is 17.1 Å². The Morgan fingerprint density at radius 1 is 1.17 bits per heavy atom. The maximum absolute atomic E-state index is 12.7. The molecule has 4 aromatic rings. The van der Waals surface area contributed by atoms with E-state index in [-0.39, 0.29) is 18.6 Å². The van der Waals surface area contributed by atoms with Crippen molar-refractivity contribution in [1.82, 2.24) is 30.1 Å². The largest absolute Gasteiger partial charge is 0.394 e. The zero-order valence-electron chi connectivity index (χ0n) is 15.7. The normalized spacial score (nSPS) is 16.6. The first-order chi connectivity index (χ1) is 14.2. The molecular formula is C21H20N6O2. The van der Waals surface area contributed by atoms with E-state index in [9.17, 15) is 9.90 Å². The van der Waals surface area contributed by atoms with Crippen molar-refractivity contribution in [2.75, 3.05) is 13.2 Å². The van der Waals surface area contributed by atoms with Gasteiger partial charge < -0.3 is 10.0 Å². The third-order valence-corrected chi connectivity index (χ3v) is 5.43. The van der Waals surface area contributed by atoms with Gasteiger partial charge in [-0.2, -0.15) is 5.10 Å². The van der Waals surface area contributed by atoms with Gasteiger partial charge in [-0.25, -0.2) is 4.68 Å². The van der Waals surface area contributed by atoms with Crippen molar-refractivity contribution in [3.63, 3.8) is 0 Å². The highest BCUT2D eigenvalue weighted by atomic mass is 16.3. The number of benzene rings is 2. The van der Waals surface area contributed by atoms with Crippen LogP contribution in [0.5, 0.6) is 0 Å². The molecule has 1 aliphatic rings. The van der Waals surface area contributed by atoms with Crippen LogP contribution in [0.2, 0.25) is 0 Å². The van der Waals surface area contributed by atoms with Crippen LogP contribution in [0.25, 0.3) is 28.0 Å². The summed E-state index contributed by atoms with van der Waals surface area (Å²) >= 11 is 0. The highest BCUT2D eigenvalue weighted by Crippen LogP contribution is 2.25. The van der Waals surface area contributed by atoms with Crippen molar-refractivity contribution in [2.45, 2.75) is 18.9 Å². The predicted octanol–water partition coefficient (Wildman–Crippen LogP) is 2.41. The maximum atomic E-state index is 12.7. The molecule has 29 heavy (non-hydrogen) atoms. The SMILES string of the molecule is O=C(c1ccc(-n2cc(-c3n[nH]c4ccccc34)nn2)cc1)N1CCC[C@@H]1CO. The van der Waals surface area contributed by atoms with E-state index in [1.165, 1.54) is 0 Å². The lowest BCUT2D eigenvalue weighted by molar-refractivity contribution is 0.0677. The van der Waals surface area contributed by atoms with Crippen molar-refractivity contribution >= 4 is 16.8 Å². The molecule has 0 radical (unpaired) electrons. The molecule has 2 N–H and O–H groups in total. The third kappa shape index (κ3) is 3.07. The highest BCUT2D eigenvalue weighted by Gasteiger charge is 2.28. The molecule has 0 aliphatic carbocycles. The molecule has 0 saturated carbocycles. The molecule has 8 heteroatoms. The molecule has 0 spiro atoms. The number of carbonyl (C=O) groups excluding carboxylic acids is 1. The van der Waals surface area contributed by atoms with Gasteiger partial charge in [0.2, 0.25) is 0 Å². The van der Waals surface area contributed by atoms with Crippen molar-refractivity contribution in [1.29, 1.82) is 0 Å². The summed E-state index contributed by atoms with van der Waals surface area (Å²) in [4.78, 5) is 14.5. The van der Waals surface area contributed by atoms with Gasteiger partial charge in [0, 0.05) is 17.5 Å². The standard InChI is InChI=1S/C21H20N6O2/c28-13-16-4-3-11-26(16)21(29)14-7-9-15(10-8-14)27-12-19(23-25-27)20-17-5-1-2-6-18(17)22-24-20/h1-2,5-10,12,16,28H,3-4,11,13H2,(H,22,24)/t16-/m1/s1. The van der Waals surface area contributed by atoms with Gasteiger partial charge in [-0.05, 0) is 43.2 Å². The van der Waals surface area contributed by atoms with Gasteiger partial charge in [-0.3, -0.25) is 9.89 Å². The first kappa shape index (κ1) is 17.6. The number of fused-ring (bicyclic) bond motifs is 1. The van der Waals surface area contributed by atoms with Crippen LogP contribution in [-0.2, 0) is 0 Å². The molecule has 5 rings (SSSR count). The van der Waals surface area contributed by atoms with E-state index < -0.39 is 0 Å². The molecule has 1 amide bonds. The van der Waals surface area contributed by atoms with Crippen LogP contribution in [0.15, 0.2) is 54.7 Å². The van der Waals surface area contributed by atoms with Crippen LogP contribution >= 0.6 is 0 Å². The quantitative estimate of drug-likeness (QED) is 0.559. The van der Waals surface area contributed by atoms with E-state index in [0.717, 1.165) is 35.1 Å². The van der Waals surface area contributed by atoms with Gasteiger partial charge >= 0.3 is 0 Å². The van der Waals surface area contributed by atoms with Crippen LogP contribution in [0.1, 0.15) is 23.2 Å². The number of hydrogen-bond donors (Lipinski definition) is 2. The molecule has 146 valence electrons. The second kappa shape index (κ2) is 7.14. The summed E-state index contributed by atoms with van der Waals surface area (Å²) in [5, 5.41) is 26.3. The molecule has 8 nitrogen and oxygen atoms in total.